The Hall–Kier alpha value is -1.40. The number of rotatable bonds is 4. The van der Waals surface area contributed by atoms with Crippen LogP contribution in [-0.4, -0.2) is 34.8 Å². The molecule has 0 bridgehead atoms. The van der Waals surface area contributed by atoms with Gasteiger partial charge in [0.2, 0.25) is 5.28 Å². The van der Waals surface area contributed by atoms with Crippen molar-refractivity contribution in [3.05, 3.63) is 23.2 Å². The normalized spacial score (nSPS) is 23.4. The summed E-state index contributed by atoms with van der Waals surface area (Å²) in [7, 11) is 0. The second-order valence-corrected chi connectivity index (χ2v) is 5.16. The van der Waals surface area contributed by atoms with Gasteiger partial charge in [-0.25, -0.2) is 14.8 Å². The molecule has 0 unspecified atom stereocenters. The summed E-state index contributed by atoms with van der Waals surface area (Å²) in [6.07, 6.45) is 3.90. The predicted octanol–water partition coefficient (Wildman–Crippen LogP) is 2.48. The van der Waals surface area contributed by atoms with Crippen molar-refractivity contribution in [1.29, 1.82) is 0 Å². The summed E-state index contributed by atoms with van der Waals surface area (Å²) in [4.78, 5) is 19.5. The third-order valence-corrected chi connectivity index (χ3v) is 3.42. The summed E-state index contributed by atoms with van der Waals surface area (Å²) in [6.45, 7) is 4.31. The molecular weight excluding hydrogens is 282 g/mol. The van der Waals surface area contributed by atoms with Gasteiger partial charge in [0.25, 0.3) is 0 Å². The van der Waals surface area contributed by atoms with E-state index in [1.165, 1.54) is 0 Å². The number of ether oxygens (including phenoxy) is 2. The number of carbonyl (C=O) groups is 1. The first-order chi connectivity index (χ1) is 9.58. The second-order valence-electron chi connectivity index (χ2n) is 4.82. The molecule has 1 N–H and O–H groups in total. The summed E-state index contributed by atoms with van der Waals surface area (Å²) >= 11 is 5.64. The molecule has 6 nitrogen and oxygen atoms in total. The van der Waals surface area contributed by atoms with Crippen molar-refractivity contribution in [2.45, 2.75) is 44.9 Å². The molecule has 3 atom stereocenters. The van der Waals surface area contributed by atoms with Crippen LogP contribution in [-0.2, 0) is 9.47 Å². The van der Waals surface area contributed by atoms with Crippen molar-refractivity contribution in [3.63, 3.8) is 0 Å². The standard InChI is InChI=1S/C13H18ClN3O3/c1-3-8(2)17-13(18)20-10-4-11(19-7-10)9-5-15-12(14)16-6-9/h5-6,8,10-11H,3-4,7H2,1-2H3,(H,17,18)/t8-,10-,11+/m0/s1. The highest BCUT2D eigenvalue weighted by Crippen LogP contribution is 2.29. The maximum Gasteiger partial charge on any atom is 0.407 e. The van der Waals surface area contributed by atoms with Gasteiger partial charge in [-0.1, -0.05) is 6.92 Å². The van der Waals surface area contributed by atoms with Crippen LogP contribution in [0, 0.1) is 0 Å². The van der Waals surface area contributed by atoms with Crippen LogP contribution in [0.2, 0.25) is 5.28 Å². The van der Waals surface area contributed by atoms with Crippen LogP contribution in [0.5, 0.6) is 0 Å². The smallest absolute Gasteiger partial charge is 0.407 e. The van der Waals surface area contributed by atoms with Gasteiger partial charge in [-0.15, -0.1) is 0 Å². The minimum absolute atomic E-state index is 0.102. The average molecular weight is 300 g/mol. The molecule has 20 heavy (non-hydrogen) atoms. The number of nitrogens with one attached hydrogen (secondary N) is 1. The summed E-state index contributed by atoms with van der Waals surface area (Å²) in [5.41, 5.74) is 0.836. The second kappa shape index (κ2) is 6.85. The van der Waals surface area contributed by atoms with Gasteiger partial charge in [0.05, 0.1) is 12.7 Å². The van der Waals surface area contributed by atoms with Crippen molar-refractivity contribution < 1.29 is 14.3 Å². The van der Waals surface area contributed by atoms with E-state index in [-0.39, 0.29) is 23.5 Å². The van der Waals surface area contributed by atoms with E-state index in [4.69, 9.17) is 21.1 Å². The lowest BCUT2D eigenvalue weighted by molar-refractivity contribution is 0.0686. The third-order valence-electron chi connectivity index (χ3n) is 3.22. The molecule has 1 amide bonds. The van der Waals surface area contributed by atoms with E-state index in [1.807, 2.05) is 13.8 Å². The topological polar surface area (TPSA) is 73.3 Å². The fourth-order valence-electron chi connectivity index (χ4n) is 1.89. The van der Waals surface area contributed by atoms with Gasteiger partial charge < -0.3 is 14.8 Å². The molecule has 2 rings (SSSR count). The predicted molar refractivity (Wildman–Crippen MR) is 73.5 cm³/mol. The average Bonchev–Trinajstić information content (AvgIpc) is 2.87. The fraction of sp³-hybridized carbons (Fsp3) is 0.615. The molecule has 0 aromatic carbocycles. The summed E-state index contributed by atoms with van der Waals surface area (Å²) < 4.78 is 10.9. The number of nitrogens with zero attached hydrogens (tertiary/aromatic N) is 2. The van der Waals surface area contributed by atoms with Gasteiger partial charge in [0, 0.05) is 30.4 Å². The number of halogens is 1. The highest BCUT2D eigenvalue weighted by molar-refractivity contribution is 6.28. The molecule has 1 aliphatic rings. The minimum atomic E-state index is -0.402. The van der Waals surface area contributed by atoms with Crippen molar-refractivity contribution in [2.75, 3.05) is 6.61 Å². The Labute approximate surface area is 122 Å². The van der Waals surface area contributed by atoms with E-state index in [9.17, 15) is 4.79 Å². The first-order valence-electron chi connectivity index (χ1n) is 6.64. The highest BCUT2D eigenvalue weighted by Gasteiger charge is 2.30. The molecular formula is C13H18ClN3O3. The first-order valence-corrected chi connectivity index (χ1v) is 7.02. The van der Waals surface area contributed by atoms with Crippen molar-refractivity contribution in [2.24, 2.45) is 0 Å². The van der Waals surface area contributed by atoms with Crippen LogP contribution in [0.1, 0.15) is 38.4 Å². The molecule has 1 aromatic heterocycles. The van der Waals surface area contributed by atoms with Gasteiger partial charge in [-0.2, -0.15) is 0 Å². The van der Waals surface area contributed by atoms with E-state index in [0.717, 1.165) is 12.0 Å². The molecule has 1 aliphatic heterocycles. The Kier molecular flexibility index (Phi) is 5.14. The Morgan fingerprint density at radius 1 is 1.60 bits per heavy atom. The van der Waals surface area contributed by atoms with Crippen LogP contribution in [0.4, 0.5) is 4.79 Å². The summed E-state index contributed by atoms with van der Waals surface area (Å²) in [5.74, 6) is 0. The molecule has 0 radical (unpaired) electrons. The zero-order chi connectivity index (χ0) is 14.5. The molecule has 0 saturated carbocycles. The third kappa shape index (κ3) is 4.05. The van der Waals surface area contributed by atoms with E-state index >= 15 is 0 Å². The molecule has 110 valence electrons. The number of hydrogen-bond donors (Lipinski definition) is 1. The van der Waals surface area contributed by atoms with Crippen LogP contribution in [0.25, 0.3) is 0 Å². The van der Waals surface area contributed by atoms with Crippen molar-refractivity contribution in [3.8, 4) is 0 Å². The zero-order valence-corrected chi connectivity index (χ0v) is 12.3. The summed E-state index contributed by atoms with van der Waals surface area (Å²) in [5, 5.41) is 2.96. The van der Waals surface area contributed by atoms with Gasteiger partial charge >= 0.3 is 6.09 Å². The quantitative estimate of drug-likeness (QED) is 0.865. The fourth-order valence-corrected chi connectivity index (χ4v) is 1.99. The Balaban J connectivity index is 1.83. The highest BCUT2D eigenvalue weighted by atomic mass is 35.5. The van der Waals surface area contributed by atoms with Crippen LogP contribution in [0.15, 0.2) is 12.4 Å². The van der Waals surface area contributed by atoms with E-state index in [2.05, 4.69) is 15.3 Å². The molecule has 0 aliphatic carbocycles. The first kappa shape index (κ1) is 15.0. The molecule has 1 fully saturated rings. The maximum absolute atomic E-state index is 11.6. The van der Waals surface area contributed by atoms with E-state index < -0.39 is 6.09 Å². The molecule has 0 spiro atoms. The largest absolute Gasteiger partial charge is 0.444 e. The molecule has 7 heteroatoms. The Morgan fingerprint density at radius 3 is 2.95 bits per heavy atom. The van der Waals surface area contributed by atoms with Crippen molar-refractivity contribution in [1.82, 2.24) is 15.3 Å². The minimum Gasteiger partial charge on any atom is -0.444 e. The van der Waals surface area contributed by atoms with Crippen LogP contribution in [0.3, 0.4) is 0 Å². The molecule has 2 heterocycles. The molecule has 1 saturated heterocycles. The van der Waals surface area contributed by atoms with Crippen LogP contribution >= 0.6 is 11.6 Å². The number of amides is 1. The number of carbonyl (C=O) groups excluding carboxylic acids is 1. The lowest BCUT2D eigenvalue weighted by Crippen LogP contribution is -2.35. The van der Waals surface area contributed by atoms with Gasteiger partial charge in [0.15, 0.2) is 0 Å². The van der Waals surface area contributed by atoms with Gasteiger partial charge in [0.1, 0.15) is 6.10 Å². The Morgan fingerprint density at radius 2 is 2.30 bits per heavy atom. The van der Waals surface area contributed by atoms with Gasteiger partial charge in [-0.05, 0) is 24.9 Å². The number of hydrogen-bond acceptors (Lipinski definition) is 5. The lowest BCUT2D eigenvalue weighted by Gasteiger charge is -2.15. The zero-order valence-electron chi connectivity index (χ0n) is 11.5. The van der Waals surface area contributed by atoms with Crippen LogP contribution < -0.4 is 5.32 Å². The van der Waals surface area contributed by atoms with Gasteiger partial charge in [-0.3, -0.25) is 0 Å². The summed E-state index contributed by atoms with van der Waals surface area (Å²) in [6, 6.07) is 0.102. The number of alkyl carbamates (subject to hydrolysis) is 1. The Bertz CT molecular complexity index is 455. The van der Waals surface area contributed by atoms with E-state index in [0.29, 0.717) is 13.0 Å². The lowest BCUT2D eigenvalue weighted by atomic mass is 10.1. The van der Waals surface area contributed by atoms with E-state index in [1.54, 1.807) is 12.4 Å². The molecule has 1 aromatic rings. The van der Waals surface area contributed by atoms with Crippen molar-refractivity contribution >= 4 is 17.7 Å². The number of aromatic nitrogens is 2. The monoisotopic (exact) mass is 299 g/mol. The maximum atomic E-state index is 11.6. The SMILES string of the molecule is CC[C@H](C)NC(=O)O[C@@H]1CO[C@@H](c2cnc(Cl)nc2)C1.